The van der Waals surface area contributed by atoms with E-state index in [1.807, 2.05) is 19.1 Å². The van der Waals surface area contributed by atoms with Crippen LogP contribution >= 0.6 is 0 Å². The number of aryl methyl sites for hydroxylation is 1. The van der Waals surface area contributed by atoms with E-state index in [1.54, 1.807) is 0 Å². The van der Waals surface area contributed by atoms with Crippen LogP contribution in [0.2, 0.25) is 0 Å². The maximum Gasteiger partial charge on any atom is 0.128 e. The van der Waals surface area contributed by atoms with E-state index >= 15 is 0 Å². The molecule has 4 heteroatoms. The van der Waals surface area contributed by atoms with Crippen molar-refractivity contribution in [3.8, 4) is 0 Å². The van der Waals surface area contributed by atoms with Crippen molar-refractivity contribution < 1.29 is 5.21 Å². The fourth-order valence-corrected chi connectivity index (χ4v) is 1.88. The van der Waals surface area contributed by atoms with E-state index in [9.17, 15) is 0 Å². The summed E-state index contributed by atoms with van der Waals surface area (Å²) in [7, 11) is 0. The van der Waals surface area contributed by atoms with Crippen LogP contribution < -0.4 is 4.90 Å². The first-order valence-electron chi connectivity index (χ1n) is 5.21. The second-order valence-electron chi connectivity index (χ2n) is 3.78. The summed E-state index contributed by atoms with van der Waals surface area (Å²) in [5.74, 6) is 1.03. The maximum atomic E-state index is 8.46. The van der Waals surface area contributed by atoms with Gasteiger partial charge in [-0.15, -0.1) is 0 Å². The minimum Gasteiger partial charge on any atom is -0.411 e. The molecule has 0 atom stereocenters. The van der Waals surface area contributed by atoms with E-state index in [2.05, 4.69) is 15.0 Å². The van der Waals surface area contributed by atoms with Crippen LogP contribution in [-0.4, -0.2) is 29.5 Å². The number of hydrogen-bond acceptors (Lipinski definition) is 4. The Hall–Kier alpha value is -1.58. The molecule has 2 rings (SSSR count). The molecule has 1 aromatic heterocycles. The summed E-state index contributed by atoms with van der Waals surface area (Å²) in [4.78, 5) is 6.78. The van der Waals surface area contributed by atoms with Gasteiger partial charge in [0.25, 0.3) is 0 Å². The summed E-state index contributed by atoms with van der Waals surface area (Å²) in [6.45, 7) is 4.12. The van der Waals surface area contributed by atoms with Gasteiger partial charge in [0.1, 0.15) is 5.82 Å². The van der Waals surface area contributed by atoms with Gasteiger partial charge in [-0.2, -0.15) is 0 Å². The molecule has 0 unspecified atom stereocenters. The van der Waals surface area contributed by atoms with E-state index in [0.717, 1.165) is 30.2 Å². The highest BCUT2D eigenvalue weighted by molar-refractivity contribution is 5.80. The number of rotatable bonds is 2. The van der Waals surface area contributed by atoms with Crippen LogP contribution in [0.15, 0.2) is 17.3 Å². The lowest BCUT2D eigenvalue weighted by Gasteiger charge is -2.16. The quantitative estimate of drug-likeness (QED) is 0.455. The standard InChI is InChI=1S/C11H15N3O/c1-9-10(8-12-15)4-5-11(13-9)14-6-2-3-7-14/h4-5,8,15H,2-3,6-7H2,1H3/b12-8-. The van der Waals surface area contributed by atoms with Gasteiger partial charge in [0.2, 0.25) is 0 Å². The van der Waals surface area contributed by atoms with Crippen molar-refractivity contribution in [3.63, 3.8) is 0 Å². The van der Waals surface area contributed by atoms with Crippen LogP contribution in [-0.2, 0) is 0 Å². The third-order valence-electron chi connectivity index (χ3n) is 2.74. The Bertz CT molecular complexity index is 370. The molecular formula is C11H15N3O. The summed E-state index contributed by atoms with van der Waals surface area (Å²) in [5, 5.41) is 11.5. The number of aromatic nitrogens is 1. The van der Waals surface area contributed by atoms with Gasteiger partial charge in [-0.25, -0.2) is 4.98 Å². The second kappa shape index (κ2) is 4.29. The lowest BCUT2D eigenvalue weighted by molar-refractivity contribution is 0.322. The number of oxime groups is 1. The maximum absolute atomic E-state index is 8.46. The molecule has 1 N–H and O–H groups in total. The molecule has 0 bridgehead atoms. The van der Waals surface area contributed by atoms with E-state index in [0.29, 0.717) is 0 Å². The molecule has 15 heavy (non-hydrogen) atoms. The van der Waals surface area contributed by atoms with Gasteiger partial charge >= 0.3 is 0 Å². The Labute approximate surface area is 89.2 Å². The van der Waals surface area contributed by atoms with E-state index in [-0.39, 0.29) is 0 Å². The fraction of sp³-hybridized carbons (Fsp3) is 0.455. The Kier molecular flexibility index (Phi) is 2.85. The lowest BCUT2D eigenvalue weighted by atomic mass is 10.2. The smallest absolute Gasteiger partial charge is 0.128 e. The predicted molar refractivity (Wildman–Crippen MR) is 59.8 cm³/mol. The molecule has 1 aromatic rings. The van der Waals surface area contributed by atoms with E-state index in [4.69, 9.17) is 5.21 Å². The highest BCUT2D eigenvalue weighted by Crippen LogP contribution is 2.18. The molecule has 0 aromatic carbocycles. The number of anilines is 1. The number of pyridine rings is 1. The second-order valence-corrected chi connectivity index (χ2v) is 3.78. The summed E-state index contributed by atoms with van der Waals surface area (Å²) in [5.41, 5.74) is 1.76. The molecule has 1 saturated heterocycles. The van der Waals surface area contributed by atoms with Crippen molar-refractivity contribution in [2.75, 3.05) is 18.0 Å². The molecule has 2 heterocycles. The normalized spacial score (nSPS) is 16.5. The zero-order valence-corrected chi connectivity index (χ0v) is 8.85. The third kappa shape index (κ3) is 2.09. The van der Waals surface area contributed by atoms with Gasteiger partial charge in [-0.1, -0.05) is 5.16 Å². The molecule has 0 amide bonds. The Balaban J connectivity index is 2.24. The Morgan fingerprint density at radius 2 is 2.13 bits per heavy atom. The molecular weight excluding hydrogens is 190 g/mol. The fourth-order valence-electron chi connectivity index (χ4n) is 1.88. The monoisotopic (exact) mass is 205 g/mol. The van der Waals surface area contributed by atoms with Crippen molar-refractivity contribution in [2.45, 2.75) is 19.8 Å². The van der Waals surface area contributed by atoms with Crippen LogP contribution in [0.1, 0.15) is 24.1 Å². The molecule has 0 aliphatic carbocycles. The topological polar surface area (TPSA) is 48.7 Å². The Morgan fingerprint density at radius 3 is 2.73 bits per heavy atom. The highest BCUT2D eigenvalue weighted by Gasteiger charge is 2.13. The van der Waals surface area contributed by atoms with Crippen LogP contribution in [0.5, 0.6) is 0 Å². The first kappa shape index (κ1) is 9.96. The first-order valence-corrected chi connectivity index (χ1v) is 5.21. The zero-order valence-electron chi connectivity index (χ0n) is 8.85. The predicted octanol–water partition coefficient (Wildman–Crippen LogP) is 1.80. The molecule has 4 nitrogen and oxygen atoms in total. The van der Waals surface area contributed by atoms with Crippen LogP contribution in [0, 0.1) is 6.92 Å². The van der Waals surface area contributed by atoms with Gasteiger partial charge in [0.05, 0.1) is 6.21 Å². The van der Waals surface area contributed by atoms with E-state index in [1.165, 1.54) is 19.1 Å². The SMILES string of the molecule is Cc1nc(N2CCCC2)ccc1/C=N\O. The van der Waals surface area contributed by atoms with Gasteiger partial charge in [-0.05, 0) is 31.9 Å². The largest absolute Gasteiger partial charge is 0.411 e. The molecule has 1 fully saturated rings. The first-order chi connectivity index (χ1) is 7.31. The van der Waals surface area contributed by atoms with Crippen molar-refractivity contribution in [1.82, 2.24) is 4.98 Å². The van der Waals surface area contributed by atoms with Crippen LogP contribution in [0.4, 0.5) is 5.82 Å². The Morgan fingerprint density at radius 1 is 1.40 bits per heavy atom. The summed E-state index contributed by atoms with van der Waals surface area (Å²) >= 11 is 0. The third-order valence-corrected chi connectivity index (χ3v) is 2.74. The molecule has 0 spiro atoms. The van der Waals surface area contributed by atoms with Gasteiger partial charge in [0.15, 0.2) is 0 Å². The van der Waals surface area contributed by atoms with Crippen molar-refractivity contribution in [2.24, 2.45) is 5.16 Å². The summed E-state index contributed by atoms with van der Waals surface area (Å²) in [6.07, 6.45) is 3.91. The van der Waals surface area contributed by atoms with Gasteiger partial charge in [0, 0.05) is 24.3 Å². The highest BCUT2D eigenvalue weighted by atomic mass is 16.4. The molecule has 0 saturated carbocycles. The van der Waals surface area contributed by atoms with Crippen LogP contribution in [0.25, 0.3) is 0 Å². The minimum absolute atomic E-state index is 0.862. The number of nitrogens with zero attached hydrogens (tertiary/aromatic N) is 3. The van der Waals surface area contributed by atoms with Gasteiger partial charge in [-0.3, -0.25) is 0 Å². The minimum atomic E-state index is 0.862. The molecule has 1 aliphatic heterocycles. The van der Waals surface area contributed by atoms with Crippen molar-refractivity contribution >= 4 is 12.0 Å². The summed E-state index contributed by atoms with van der Waals surface area (Å²) in [6, 6.07) is 3.92. The average Bonchev–Trinajstić information content (AvgIpc) is 2.74. The molecule has 1 aliphatic rings. The van der Waals surface area contributed by atoms with Crippen molar-refractivity contribution in [1.29, 1.82) is 0 Å². The average molecular weight is 205 g/mol. The number of hydrogen-bond donors (Lipinski definition) is 1. The molecule has 80 valence electrons. The van der Waals surface area contributed by atoms with Crippen molar-refractivity contribution in [3.05, 3.63) is 23.4 Å². The molecule has 0 radical (unpaired) electrons. The van der Waals surface area contributed by atoms with E-state index < -0.39 is 0 Å². The lowest BCUT2D eigenvalue weighted by Crippen LogP contribution is -2.19. The van der Waals surface area contributed by atoms with Crippen LogP contribution in [0.3, 0.4) is 0 Å². The summed E-state index contributed by atoms with van der Waals surface area (Å²) < 4.78 is 0. The zero-order chi connectivity index (χ0) is 10.7. The van der Waals surface area contributed by atoms with Gasteiger partial charge < -0.3 is 10.1 Å².